The number of benzene rings is 2. The van der Waals surface area contributed by atoms with Crippen molar-refractivity contribution >= 4 is 27.5 Å². The Labute approximate surface area is 188 Å². The lowest BCUT2D eigenvalue weighted by Crippen LogP contribution is -2.56. The van der Waals surface area contributed by atoms with E-state index < -0.39 is 0 Å². The number of thiazole rings is 1. The summed E-state index contributed by atoms with van der Waals surface area (Å²) < 4.78 is 1.21. The van der Waals surface area contributed by atoms with Gasteiger partial charge >= 0.3 is 0 Å². The molecule has 162 valence electrons. The topological polar surface area (TPSA) is 36.4 Å². The third-order valence-corrected chi connectivity index (χ3v) is 8.02. The van der Waals surface area contributed by atoms with Crippen LogP contribution in [0.25, 0.3) is 10.2 Å². The molecule has 0 aliphatic carbocycles. The summed E-state index contributed by atoms with van der Waals surface area (Å²) >= 11 is 1.72. The van der Waals surface area contributed by atoms with Crippen LogP contribution in [0.1, 0.15) is 36.3 Å². The zero-order valence-electron chi connectivity index (χ0n) is 18.1. The van der Waals surface area contributed by atoms with Crippen LogP contribution in [-0.4, -0.2) is 52.9 Å². The molecule has 1 aromatic heterocycles. The predicted molar refractivity (Wildman–Crippen MR) is 127 cm³/mol. The van der Waals surface area contributed by atoms with Crippen LogP contribution in [0.5, 0.6) is 0 Å². The number of nitrogens with zero attached hydrogens (tertiary/aromatic N) is 3. The van der Waals surface area contributed by atoms with E-state index in [9.17, 15) is 4.79 Å². The number of aryl methyl sites for hydroxylation is 1. The van der Waals surface area contributed by atoms with Gasteiger partial charge in [-0.1, -0.05) is 42.5 Å². The Morgan fingerprint density at radius 2 is 1.84 bits per heavy atom. The first-order valence-electron chi connectivity index (χ1n) is 11.7. The average Bonchev–Trinajstić information content (AvgIpc) is 3.24. The number of aromatic nitrogens is 1. The molecule has 3 aromatic rings. The summed E-state index contributed by atoms with van der Waals surface area (Å²) in [6, 6.07) is 19.5. The van der Waals surface area contributed by atoms with Gasteiger partial charge < -0.3 is 9.80 Å². The standard InChI is InChI=1S/C26H31N3OS/c30-26(13-12-25-27-22-10-4-5-11-24(22)31-25)29-16-6-9-21-19-28(18-15-23(21)29)17-14-20-7-2-1-3-8-20/h1-5,7-8,10-11,21,23H,6,9,12-19H2/t21-,23+/m1/s1. The van der Waals surface area contributed by atoms with Gasteiger partial charge in [-0.3, -0.25) is 4.79 Å². The molecular weight excluding hydrogens is 402 g/mol. The molecule has 0 saturated carbocycles. The first-order valence-corrected chi connectivity index (χ1v) is 12.5. The zero-order chi connectivity index (χ0) is 21.0. The smallest absolute Gasteiger partial charge is 0.223 e. The van der Waals surface area contributed by atoms with Crippen molar-refractivity contribution < 1.29 is 4.79 Å². The van der Waals surface area contributed by atoms with Crippen molar-refractivity contribution in [3.8, 4) is 0 Å². The fourth-order valence-corrected chi connectivity index (χ4v) is 6.27. The molecule has 2 saturated heterocycles. The molecule has 0 bridgehead atoms. The lowest BCUT2D eigenvalue weighted by atomic mass is 9.83. The van der Waals surface area contributed by atoms with E-state index in [2.05, 4.69) is 58.3 Å². The Hall–Kier alpha value is -2.24. The van der Waals surface area contributed by atoms with Crippen LogP contribution in [0.15, 0.2) is 54.6 Å². The molecule has 5 heteroatoms. The highest BCUT2D eigenvalue weighted by atomic mass is 32.1. The van der Waals surface area contributed by atoms with E-state index in [0.29, 0.717) is 24.3 Å². The van der Waals surface area contributed by atoms with Crippen LogP contribution < -0.4 is 0 Å². The number of hydrogen-bond donors (Lipinski definition) is 0. The van der Waals surface area contributed by atoms with Gasteiger partial charge in [0, 0.05) is 45.1 Å². The van der Waals surface area contributed by atoms with E-state index >= 15 is 0 Å². The Kier molecular flexibility index (Phi) is 6.32. The number of hydrogen-bond acceptors (Lipinski definition) is 4. The first kappa shape index (κ1) is 20.7. The Balaban J connectivity index is 1.15. The number of piperidine rings is 2. The van der Waals surface area contributed by atoms with Crippen molar-refractivity contribution in [2.24, 2.45) is 5.92 Å². The second kappa shape index (κ2) is 9.49. The first-order chi connectivity index (χ1) is 15.3. The van der Waals surface area contributed by atoms with E-state index in [-0.39, 0.29) is 0 Å². The number of fused-ring (bicyclic) bond motifs is 2. The van der Waals surface area contributed by atoms with Crippen LogP contribution in [0.4, 0.5) is 0 Å². The van der Waals surface area contributed by atoms with E-state index in [1.165, 1.54) is 16.7 Å². The molecule has 0 radical (unpaired) electrons. The molecule has 2 aliphatic heterocycles. The highest BCUT2D eigenvalue weighted by molar-refractivity contribution is 7.18. The molecule has 3 heterocycles. The maximum Gasteiger partial charge on any atom is 0.223 e. The van der Waals surface area contributed by atoms with Gasteiger partial charge in [0.15, 0.2) is 0 Å². The van der Waals surface area contributed by atoms with Gasteiger partial charge in [-0.05, 0) is 49.3 Å². The molecule has 4 nitrogen and oxygen atoms in total. The summed E-state index contributed by atoms with van der Waals surface area (Å²) in [4.78, 5) is 22.7. The molecule has 5 rings (SSSR count). The van der Waals surface area contributed by atoms with Crippen LogP contribution in [0, 0.1) is 5.92 Å². The van der Waals surface area contributed by atoms with Gasteiger partial charge in [0.1, 0.15) is 0 Å². The molecular formula is C26H31N3OS. The van der Waals surface area contributed by atoms with E-state index in [1.807, 2.05) is 6.07 Å². The SMILES string of the molecule is O=C(CCc1nc2ccccc2s1)N1CCC[C@@H]2CN(CCc3ccccc3)CC[C@@H]21. The number of likely N-dealkylation sites (tertiary alicyclic amines) is 2. The number of carbonyl (C=O) groups excluding carboxylic acids is 1. The summed E-state index contributed by atoms with van der Waals surface area (Å²) in [5.41, 5.74) is 2.47. The number of amides is 1. The molecule has 31 heavy (non-hydrogen) atoms. The lowest BCUT2D eigenvalue weighted by molar-refractivity contribution is -0.138. The molecule has 2 atom stereocenters. The second-order valence-electron chi connectivity index (χ2n) is 8.96. The van der Waals surface area contributed by atoms with E-state index in [4.69, 9.17) is 4.98 Å². The summed E-state index contributed by atoms with van der Waals surface area (Å²) in [6.07, 6.45) is 5.97. The minimum absolute atomic E-state index is 0.326. The minimum Gasteiger partial charge on any atom is -0.339 e. The van der Waals surface area contributed by atoms with Gasteiger partial charge in [0.25, 0.3) is 0 Å². The predicted octanol–water partition coefficient (Wildman–Crippen LogP) is 4.78. The molecule has 0 N–H and O–H groups in total. The second-order valence-corrected chi connectivity index (χ2v) is 10.1. The van der Waals surface area contributed by atoms with Gasteiger partial charge in [0.05, 0.1) is 15.2 Å². The van der Waals surface area contributed by atoms with E-state index in [1.54, 1.807) is 11.3 Å². The number of rotatable bonds is 6. The Bertz CT molecular complexity index is 985. The van der Waals surface area contributed by atoms with Crippen molar-refractivity contribution in [1.29, 1.82) is 0 Å². The highest BCUT2D eigenvalue weighted by Gasteiger charge is 2.37. The summed E-state index contributed by atoms with van der Waals surface area (Å²) in [5, 5.41) is 1.08. The quantitative estimate of drug-likeness (QED) is 0.561. The van der Waals surface area contributed by atoms with Gasteiger partial charge in [-0.15, -0.1) is 11.3 Å². The number of carbonyl (C=O) groups is 1. The molecule has 2 aliphatic rings. The van der Waals surface area contributed by atoms with Gasteiger partial charge in [0.2, 0.25) is 5.91 Å². The molecule has 2 aromatic carbocycles. The third-order valence-electron chi connectivity index (χ3n) is 6.92. The molecule has 0 unspecified atom stereocenters. The summed E-state index contributed by atoms with van der Waals surface area (Å²) in [6.45, 7) is 4.30. The summed E-state index contributed by atoms with van der Waals surface area (Å²) in [5.74, 6) is 0.955. The van der Waals surface area contributed by atoms with Crippen molar-refractivity contribution in [3.63, 3.8) is 0 Å². The zero-order valence-corrected chi connectivity index (χ0v) is 18.9. The van der Waals surface area contributed by atoms with Crippen molar-refractivity contribution in [2.45, 2.75) is 44.6 Å². The van der Waals surface area contributed by atoms with Gasteiger partial charge in [-0.2, -0.15) is 0 Å². The van der Waals surface area contributed by atoms with Crippen LogP contribution >= 0.6 is 11.3 Å². The molecule has 1 amide bonds. The normalized spacial score (nSPS) is 21.9. The van der Waals surface area contributed by atoms with E-state index in [0.717, 1.165) is 62.4 Å². The van der Waals surface area contributed by atoms with Crippen molar-refractivity contribution in [3.05, 3.63) is 65.2 Å². The maximum atomic E-state index is 13.1. The van der Waals surface area contributed by atoms with Gasteiger partial charge in [-0.25, -0.2) is 4.98 Å². The van der Waals surface area contributed by atoms with Crippen LogP contribution in [0.2, 0.25) is 0 Å². The summed E-state index contributed by atoms with van der Waals surface area (Å²) in [7, 11) is 0. The van der Waals surface area contributed by atoms with Crippen molar-refractivity contribution in [1.82, 2.24) is 14.8 Å². The largest absolute Gasteiger partial charge is 0.339 e. The Morgan fingerprint density at radius 3 is 2.71 bits per heavy atom. The van der Waals surface area contributed by atoms with Crippen LogP contribution in [-0.2, 0) is 17.6 Å². The average molecular weight is 434 g/mol. The van der Waals surface area contributed by atoms with Crippen LogP contribution in [0.3, 0.4) is 0 Å². The molecule has 0 spiro atoms. The lowest BCUT2D eigenvalue weighted by Gasteiger charge is -2.47. The number of para-hydroxylation sites is 1. The highest BCUT2D eigenvalue weighted by Crippen LogP contribution is 2.31. The Morgan fingerprint density at radius 1 is 1.00 bits per heavy atom. The van der Waals surface area contributed by atoms with Crippen molar-refractivity contribution in [2.75, 3.05) is 26.2 Å². The fourth-order valence-electron chi connectivity index (χ4n) is 5.31. The fraction of sp³-hybridized carbons (Fsp3) is 0.462. The minimum atomic E-state index is 0.326. The monoisotopic (exact) mass is 433 g/mol. The maximum absolute atomic E-state index is 13.1. The molecule has 2 fully saturated rings. The third kappa shape index (κ3) is 4.83.